The van der Waals surface area contributed by atoms with E-state index in [4.69, 9.17) is 0 Å². The molecule has 6 nitrogen and oxygen atoms in total. The Kier molecular flexibility index (Phi) is 6.55. The quantitative estimate of drug-likeness (QED) is 0.821. The molecule has 1 aliphatic carbocycles. The maximum atomic E-state index is 13.0. The van der Waals surface area contributed by atoms with Crippen molar-refractivity contribution in [3.05, 3.63) is 27.1 Å². The molecule has 8 heteroatoms. The Morgan fingerprint density at radius 2 is 2.15 bits per heavy atom. The van der Waals surface area contributed by atoms with E-state index in [1.807, 2.05) is 11.9 Å². The molecule has 2 aliphatic rings. The number of aryl methyl sites for hydroxylation is 3. The van der Waals surface area contributed by atoms with Crippen molar-refractivity contribution < 1.29 is 4.79 Å². The van der Waals surface area contributed by atoms with Crippen LogP contribution in [0.5, 0.6) is 0 Å². The molecule has 1 atom stereocenters. The fourth-order valence-corrected chi connectivity index (χ4v) is 5.53. The zero-order valence-corrected chi connectivity index (χ0v) is 17.3. The first-order valence-electron chi connectivity index (χ1n) is 9.63. The molecule has 1 unspecified atom stereocenters. The third-order valence-electron chi connectivity index (χ3n) is 5.65. The smallest absolute Gasteiger partial charge is 0.262 e. The molecular formula is C19H27ClN4O2S. The van der Waals surface area contributed by atoms with Crippen molar-refractivity contribution in [1.29, 1.82) is 0 Å². The van der Waals surface area contributed by atoms with Gasteiger partial charge in [0.05, 0.1) is 11.7 Å². The second-order valence-corrected chi connectivity index (χ2v) is 8.41. The molecule has 1 fully saturated rings. The van der Waals surface area contributed by atoms with Crippen LogP contribution in [0, 0.1) is 0 Å². The molecule has 0 aromatic carbocycles. The number of hydrogen-bond donors (Lipinski definition) is 1. The summed E-state index contributed by atoms with van der Waals surface area (Å²) < 4.78 is 1.63. The van der Waals surface area contributed by atoms with Crippen LogP contribution in [0.15, 0.2) is 11.1 Å². The summed E-state index contributed by atoms with van der Waals surface area (Å²) >= 11 is 1.67. The summed E-state index contributed by atoms with van der Waals surface area (Å²) in [5.41, 5.74) is 1.23. The molecule has 2 aromatic rings. The van der Waals surface area contributed by atoms with Crippen LogP contribution in [0.1, 0.15) is 42.5 Å². The number of halogens is 1. The van der Waals surface area contributed by atoms with E-state index >= 15 is 0 Å². The SMILES string of the molecule is CNCC1CCCN1C(=O)CCn1cnc2sc3c(c2c1=O)CCCC3.Cl. The normalized spacial score (nSPS) is 19.1. The summed E-state index contributed by atoms with van der Waals surface area (Å²) in [6.07, 6.45) is 8.49. The van der Waals surface area contributed by atoms with Gasteiger partial charge in [0.15, 0.2) is 0 Å². The van der Waals surface area contributed by atoms with Crippen molar-refractivity contribution in [2.75, 3.05) is 20.1 Å². The number of nitrogens with zero attached hydrogens (tertiary/aromatic N) is 3. The van der Waals surface area contributed by atoms with E-state index < -0.39 is 0 Å². The molecule has 3 heterocycles. The number of likely N-dealkylation sites (N-methyl/N-ethyl adjacent to an activating group) is 1. The van der Waals surface area contributed by atoms with Gasteiger partial charge in [0.1, 0.15) is 4.83 Å². The van der Waals surface area contributed by atoms with Gasteiger partial charge in [0.25, 0.3) is 5.56 Å². The first-order chi connectivity index (χ1) is 12.7. The number of amides is 1. The molecule has 0 radical (unpaired) electrons. The van der Waals surface area contributed by atoms with Gasteiger partial charge in [-0.3, -0.25) is 14.2 Å². The van der Waals surface area contributed by atoms with Crippen LogP contribution in [-0.4, -0.2) is 46.5 Å². The number of likely N-dealkylation sites (tertiary alicyclic amines) is 1. The highest BCUT2D eigenvalue weighted by Gasteiger charge is 2.28. The van der Waals surface area contributed by atoms with E-state index in [9.17, 15) is 9.59 Å². The minimum absolute atomic E-state index is 0. The topological polar surface area (TPSA) is 67.2 Å². The van der Waals surface area contributed by atoms with Crippen LogP contribution in [0.2, 0.25) is 0 Å². The molecule has 0 spiro atoms. The van der Waals surface area contributed by atoms with Gasteiger partial charge < -0.3 is 10.2 Å². The highest BCUT2D eigenvalue weighted by molar-refractivity contribution is 7.18. The van der Waals surface area contributed by atoms with Crippen molar-refractivity contribution >= 4 is 39.9 Å². The molecule has 0 saturated carbocycles. The van der Waals surface area contributed by atoms with Crippen molar-refractivity contribution in [2.24, 2.45) is 0 Å². The van der Waals surface area contributed by atoms with Crippen LogP contribution in [0.3, 0.4) is 0 Å². The van der Waals surface area contributed by atoms with Gasteiger partial charge in [-0.15, -0.1) is 23.7 Å². The van der Waals surface area contributed by atoms with Gasteiger partial charge >= 0.3 is 0 Å². The van der Waals surface area contributed by atoms with E-state index in [1.54, 1.807) is 22.2 Å². The molecule has 2 aromatic heterocycles. The number of rotatable bonds is 5. The van der Waals surface area contributed by atoms with Crippen molar-refractivity contribution in [3.8, 4) is 0 Å². The van der Waals surface area contributed by atoms with Gasteiger partial charge in [0, 0.05) is 37.0 Å². The minimum Gasteiger partial charge on any atom is -0.338 e. The van der Waals surface area contributed by atoms with Crippen molar-refractivity contribution in [1.82, 2.24) is 19.8 Å². The van der Waals surface area contributed by atoms with Gasteiger partial charge in [-0.05, 0) is 51.1 Å². The van der Waals surface area contributed by atoms with Crippen LogP contribution in [-0.2, 0) is 24.2 Å². The summed E-state index contributed by atoms with van der Waals surface area (Å²) in [7, 11) is 1.92. The molecular weight excluding hydrogens is 384 g/mol. The molecule has 1 amide bonds. The molecule has 1 N–H and O–H groups in total. The lowest BCUT2D eigenvalue weighted by Crippen LogP contribution is -2.41. The Hall–Kier alpha value is -1.44. The van der Waals surface area contributed by atoms with E-state index in [1.165, 1.54) is 16.9 Å². The number of hydrogen-bond acceptors (Lipinski definition) is 5. The molecule has 148 valence electrons. The highest BCUT2D eigenvalue weighted by atomic mass is 35.5. The van der Waals surface area contributed by atoms with Crippen LogP contribution in [0.4, 0.5) is 0 Å². The summed E-state index contributed by atoms with van der Waals surface area (Å²) in [4.78, 5) is 34.3. The van der Waals surface area contributed by atoms with Crippen LogP contribution >= 0.6 is 23.7 Å². The Morgan fingerprint density at radius 1 is 1.33 bits per heavy atom. The van der Waals surface area contributed by atoms with Crippen LogP contribution in [0.25, 0.3) is 10.2 Å². The predicted molar refractivity (Wildman–Crippen MR) is 111 cm³/mol. The molecule has 1 aliphatic heterocycles. The average Bonchev–Trinajstić information content (AvgIpc) is 3.25. The Balaban J connectivity index is 0.00000210. The minimum atomic E-state index is 0. The number of nitrogens with one attached hydrogen (secondary N) is 1. The van der Waals surface area contributed by atoms with Crippen molar-refractivity contribution in [2.45, 2.75) is 57.5 Å². The number of carbonyl (C=O) groups excluding carboxylic acids is 1. The zero-order valence-electron chi connectivity index (χ0n) is 15.7. The monoisotopic (exact) mass is 410 g/mol. The maximum absolute atomic E-state index is 13.0. The number of fused-ring (bicyclic) bond motifs is 3. The Bertz CT molecular complexity index is 878. The molecule has 0 bridgehead atoms. The van der Waals surface area contributed by atoms with Gasteiger partial charge in [-0.1, -0.05) is 0 Å². The lowest BCUT2D eigenvalue weighted by molar-refractivity contribution is -0.132. The lowest BCUT2D eigenvalue weighted by Gasteiger charge is -2.24. The fraction of sp³-hybridized carbons (Fsp3) is 0.632. The molecule has 27 heavy (non-hydrogen) atoms. The lowest BCUT2D eigenvalue weighted by atomic mass is 9.97. The largest absolute Gasteiger partial charge is 0.338 e. The molecule has 1 saturated heterocycles. The Labute approximate surface area is 169 Å². The maximum Gasteiger partial charge on any atom is 0.262 e. The zero-order chi connectivity index (χ0) is 18.1. The third-order valence-corrected chi connectivity index (χ3v) is 6.85. The van der Waals surface area contributed by atoms with Crippen molar-refractivity contribution in [3.63, 3.8) is 0 Å². The van der Waals surface area contributed by atoms with Gasteiger partial charge in [-0.25, -0.2) is 4.98 Å². The third kappa shape index (κ3) is 3.91. The summed E-state index contributed by atoms with van der Waals surface area (Å²) in [5, 5.41) is 3.97. The van der Waals surface area contributed by atoms with E-state index in [2.05, 4.69) is 10.3 Å². The second-order valence-electron chi connectivity index (χ2n) is 7.33. The second kappa shape index (κ2) is 8.71. The summed E-state index contributed by atoms with van der Waals surface area (Å²) in [6.45, 7) is 2.07. The van der Waals surface area contributed by atoms with E-state index in [0.717, 1.165) is 55.4 Å². The fourth-order valence-electron chi connectivity index (χ4n) is 4.31. The first-order valence-corrected chi connectivity index (χ1v) is 10.4. The number of carbonyl (C=O) groups is 1. The number of thiophene rings is 1. The predicted octanol–water partition coefficient (Wildman–Crippen LogP) is 2.36. The molecule has 4 rings (SSSR count). The van der Waals surface area contributed by atoms with Crippen LogP contribution < -0.4 is 10.9 Å². The summed E-state index contributed by atoms with van der Waals surface area (Å²) in [6, 6.07) is 0.286. The Morgan fingerprint density at radius 3 is 2.96 bits per heavy atom. The first kappa shape index (κ1) is 20.3. The van der Waals surface area contributed by atoms with E-state index in [-0.39, 0.29) is 29.9 Å². The van der Waals surface area contributed by atoms with Gasteiger partial charge in [0.2, 0.25) is 5.91 Å². The highest BCUT2D eigenvalue weighted by Crippen LogP contribution is 2.33. The summed E-state index contributed by atoms with van der Waals surface area (Å²) in [5.74, 6) is 0.141. The average molecular weight is 411 g/mol. The van der Waals surface area contributed by atoms with E-state index in [0.29, 0.717) is 13.0 Å². The van der Waals surface area contributed by atoms with Gasteiger partial charge in [-0.2, -0.15) is 0 Å². The number of aromatic nitrogens is 2. The standard InChI is InChI=1S/C19H26N4O2S.ClH/c1-20-11-13-5-4-9-23(13)16(24)8-10-22-12-21-18-17(19(22)25)14-6-2-3-7-15(14)26-18;/h12-13,20H,2-11H2,1H3;1H.